The summed E-state index contributed by atoms with van der Waals surface area (Å²) >= 11 is 0. The fourth-order valence-electron chi connectivity index (χ4n) is 2.10. The number of alkyl halides is 3. The van der Waals surface area contributed by atoms with Crippen LogP contribution in [-0.2, 0) is 15.7 Å². The number of nitrogens with zero attached hydrogens (tertiary/aromatic N) is 1. The zero-order valence-corrected chi connectivity index (χ0v) is 12.3. The van der Waals surface area contributed by atoms with Crippen LogP contribution in [0.3, 0.4) is 0 Å². The van der Waals surface area contributed by atoms with Gasteiger partial charge < -0.3 is 14.2 Å². The highest BCUT2D eigenvalue weighted by molar-refractivity contribution is 5.30. The van der Waals surface area contributed by atoms with E-state index in [1.165, 1.54) is 12.1 Å². The van der Waals surface area contributed by atoms with Crippen molar-refractivity contribution in [3.05, 3.63) is 29.8 Å². The number of halogens is 3. The lowest BCUT2D eigenvalue weighted by atomic mass is 10.2. The topological polar surface area (TPSA) is 30.9 Å². The van der Waals surface area contributed by atoms with E-state index in [2.05, 4.69) is 4.90 Å². The van der Waals surface area contributed by atoms with Crippen molar-refractivity contribution in [2.75, 3.05) is 52.7 Å². The van der Waals surface area contributed by atoms with Gasteiger partial charge >= 0.3 is 6.18 Å². The van der Waals surface area contributed by atoms with Crippen molar-refractivity contribution in [2.45, 2.75) is 6.18 Å². The lowest BCUT2D eigenvalue weighted by Gasteiger charge is -2.26. The summed E-state index contributed by atoms with van der Waals surface area (Å²) in [5, 5.41) is 0. The SMILES string of the molecule is FC(F)(F)c1cccc(OCCOCCN2CCOCC2)c1. The maximum atomic E-state index is 12.5. The molecule has 0 radical (unpaired) electrons. The van der Waals surface area contributed by atoms with Gasteiger partial charge in [0.2, 0.25) is 0 Å². The molecule has 1 saturated heterocycles. The van der Waals surface area contributed by atoms with E-state index in [1.807, 2.05) is 0 Å². The van der Waals surface area contributed by atoms with Crippen molar-refractivity contribution in [2.24, 2.45) is 0 Å². The standard InChI is InChI=1S/C15H20F3NO3/c16-15(17,18)13-2-1-3-14(12-13)22-11-10-21-9-6-19-4-7-20-8-5-19/h1-3,12H,4-11H2. The van der Waals surface area contributed by atoms with Gasteiger partial charge in [0, 0.05) is 19.6 Å². The molecule has 124 valence electrons. The minimum absolute atomic E-state index is 0.201. The van der Waals surface area contributed by atoms with Crippen molar-refractivity contribution in [3.8, 4) is 5.75 Å². The molecule has 0 N–H and O–H groups in total. The molecule has 1 heterocycles. The van der Waals surface area contributed by atoms with Crippen molar-refractivity contribution in [1.29, 1.82) is 0 Å². The molecule has 0 amide bonds. The van der Waals surface area contributed by atoms with E-state index in [0.29, 0.717) is 13.2 Å². The van der Waals surface area contributed by atoms with Crippen LogP contribution in [0.1, 0.15) is 5.56 Å². The van der Waals surface area contributed by atoms with E-state index in [0.717, 1.165) is 45.0 Å². The molecule has 1 aromatic carbocycles. The van der Waals surface area contributed by atoms with Gasteiger partial charge in [0.15, 0.2) is 0 Å². The lowest BCUT2D eigenvalue weighted by Crippen LogP contribution is -2.38. The fraction of sp³-hybridized carbons (Fsp3) is 0.600. The Morgan fingerprint density at radius 2 is 1.86 bits per heavy atom. The average Bonchev–Trinajstić information content (AvgIpc) is 2.51. The van der Waals surface area contributed by atoms with Crippen molar-refractivity contribution in [3.63, 3.8) is 0 Å². The van der Waals surface area contributed by atoms with Crippen LogP contribution in [0.25, 0.3) is 0 Å². The number of hydrogen-bond acceptors (Lipinski definition) is 4. The monoisotopic (exact) mass is 319 g/mol. The third-order valence-corrected chi connectivity index (χ3v) is 3.31. The molecule has 0 unspecified atom stereocenters. The predicted octanol–water partition coefficient (Wildman–Crippen LogP) is 2.43. The highest BCUT2D eigenvalue weighted by Crippen LogP contribution is 2.31. The van der Waals surface area contributed by atoms with E-state index in [1.54, 1.807) is 0 Å². The first-order valence-electron chi connectivity index (χ1n) is 7.23. The first-order chi connectivity index (χ1) is 10.6. The normalized spacial score (nSPS) is 16.7. The third-order valence-electron chi connectivity index (χ3n) is 3.31. The van der Waals surface area contributed by atoms with Gasteiger partial charge in [0.1, 0.15) is 12.4 Å². The van der Waals surface area contributed by atoms with Crippen molar-refractivity contribution >= 4 is 0 Å². The van der Waals surface area contributed by atoms with Crippen LogP contribution in [0, 0.1) is 0 Å². The lowest BCUT2D eigenvalue weighted by molar-refractivity contribution is -0.137. The Hall–Kier alpha value is -1.31. The number of rotatable bonds is 7. The van der Waals surface area contributed by atoms with Crippen LogP contribution in [0.15, 0.2) is 24.3 Å². The molecule has 0 aromatic heterocycles. The summed E-state index contributed by atoms with van der Waals surface area (Å²) in [4.78, 5) is 2.25. The first kappa shape index (κ1) is 17.1. The summed E-state index contributed by atoms with van der Waals surface area (Å²) in [5.74, 6) is 0.201. The smallest absolute Gasteiger partial charge is 0.416 e. The molecule has 0 atom stereocenters. The molecule has 4 nitrogen and oxygen atoms in total. The van der Waals surface area contributed by atoms with Gasteiger partial charge in [0.25, 0.3) is 0 Å². The molecule has 1 fully saturated rings. The summed E-state index contributed by atoms with van der Waals surface area (Å²) in [5.41, 5.74) is -0.710. The van der Waals surface area contributed by atoms with Gasteiger partial charge in [-0.3, -0.25) is 4.90 Å². The largest absolute Gasteiger partial charge is 0.491 e. The molecule has 1 aliphatic heterocycles. The molecule has 22 heavy (non-hydrogen) atoms. The number of hydrogen-bond donors (Lipinski definition) is 0. The number of ether oxygens (including phenoxy) is 3. The summed E-state index contributed by atoms with van der Waals surface area (Å²) in [7, 11) is 0. The van der Waals surface area contributed by atoms with Crippen LogP contribution in [0.5, 0.6) is 5.75 Å². The van der Waals surface area contributed by atoms with Gasteiger partial charge in [0.05, 0.1) is 32.0 Å². The molecule has 0 aliphatic carbocycles. The van der Waals surface area contributed by atoms with E-state index in [4.69, 9.17) is 14.2 Å². The Bertz CT molecular complexity index is 448. The van der Waals surface area contributed by atoms with E-state index >= 15 is 0 Å². The Morgan fingerprint density at radius 3 is 2.59 bits per heavy atom. The third kappa shape index (κ3) is 5.82. The highest BCUT2D eigenvalue weighted by atomic mass is 19.4. The zero-order valence-electron chi connectivity index (χ0n) is 12.3. The molecule has 0 saturated carbocycles. The summed E-state index contributed by atoms with van der Waals surface area (Å²) in [6.07, 6.45) is -4.35. The van der Waals surface area contributed by atoms with Crippen LogP contribution >= 0.6 is 0 Å². The van der Waals surface area contributed by atoms with E-state index in [9.17, 15) is 13.2 Å². The Balaban J connectivity index is 1.60. The average molecular weight is 319 g/mol. The van der Waals surface area contributed by atoms with Crippen LogP contribution in [0.2, 0.25) is 0 Å². The molecule has 7 heteroatoms. The van der Waals surface area contributed by atoms with Crippen LogP contribution < -0.4 is 4.74 Å². The second-order valence-corrected chi connectivity index (χ2v) is 4.94. The number of benzene rings is 1. The van der Waals surface area contributed by atoms with E-state index in [-0.39, 0.29) is 12.4 Å². The molecular weight excluding hydrogens is 299 g/mol. The van der Waals surface area contributed by atoms with Gasteiger partial charge in [-0.25, -0.2) is 0 Å². The summed E-state index contributed by atoms with van der Waals surface area (Å²) in [6, 6.07) is 4.85. The molecule has 0 spiro atoms. The Labute approximate surface area is 127 Å². The zero-order chi connectivity index (χ0) is 15.8. The molecule has 1 aromatic rings. The van der Waals surface area contributed by atoms with Crippen molar-refractivity contribution in [1.82, 2.24) is 4.90 Å². The molecule has 0 bridgehead atoms. The Kier molecular flexibility index (Phi) is 6.48. The maximum Gasteiger partial charge on any atom is 0.416 e. The summed E-state index contributed by atoms with van der Waals surface area (Å²) < 4.78 is 53.6. The maximum absolute atomic E-state index is 12.5. The fourth-order valence-corrected chi connectivity index (χ4v) is 2.10. The minimum Gasteiger partial charge on any atom is -0.491 e. The second-order valence-electron chi connectivity index (χ2n) is 4.94. The van der Waals surface area contributed by atoms with Gasteiger partial charge in [-0.1, -0.05) is 6.07 Å². The molecule has 2 rings (SSSR count). The van der Waals surface area contributed by atoms with Crippen LogP contribution in [0.4, 0.5) is 13.2 Å². The molecule has 1 aliphatic rings. The predicted molar refractivity (Wildman–Crippen MR) is 75.0 cm³/mol. The summed E-state index contributed by atoms with van der Waals surface area (Å²) in [6.45, 7) is 5.29. The number of morpholine rings is 1. The second kappa shape index (κ2) is 8.36. The first-order valence-corrected chi connectivity index (χ1v) is 7.23. The Morgan fingerprint density at radius 1 is 1.09 bits per heavy atom. The van der Waals surface area contributed by atoms with Crippen molar-refractivity contribution < 1.29 is 27.4 Å². The quantitative estimate of drug-likeness (QED) is 0.722. The van der Waals surface area contributed by atoms with E-state index < -0.39 is 11.7 Å². The van der Waals surface area contributed by atoms with Gasteiger partial charge in [-0.15, -0.1) is 0 Å². The highest BCUT2D eigenvalue weighted by Gasteiger charge is 2.30. The van der Waals surface area contributed by atoms with Gasteiger partial charge in [-0.2, -0.15) is 13.2 Å². The minimum atomic E-state index is -4.35. The molecular formula is C15H20F3NO3. The van der Waals surface area contributed by atoms with Gasteiger partial charge in [-0.05, 0) is 18.2 Å². The van der Waals surface area contributed by atoms with Crippen LogP contribution in [-0.4, -0.2) is 57.6 Å².